The van der Waals surface area contributed by atoms with Gasteiger partial charge in [-0.1, -0.05) is 73.2 Å². The molecule has 0 spiro atoms. The number of rotatable bonds is 8. The van der Waals surface area contributed by atoms with Crippen molar-refractivity contribution in [1.82, 2.24) is 0 Å². The minimum absolute atomic E-state index is 0.00578. The molecule has 2 rings (SSSR count). The van der Waals surface area contributed by atoms with Gasteiger partial charge in [0.05, 0.1) is 17.7 Å². The zero-order chi connectivity index (χ0) is 21.4. The van der Waals surface area contributed by atoms with E-state index in [2.05, 4.69) is 31.0 Å². The Hall–Kier alpha value is -3.11. The lowest BCUT2D eigenvalue weighted by Crippen LogP contribution is -2.16. The van der Waals surface area contributed by atoms with Crippen molar-refractivity contribution in [3.05, 3.63) is 94.6 Å². The van der Waals surface area contributed by atoms with Crippen LogP contribution in [0.1, 0.15) is 41.8 Å². The van der Waals surface area contributed by atoms with E-state index in [9.17, 15) is 14.7 Å². The summed E-state index contributed by atoms with van der Waals surface area (Å²) in [7, 11) is 0. The molecule has 0 aliphatic rings. The van der Waals surface area contributed by atoms with E-state index in [4.69, 9.17) is 11.6 Å². The number of carbonyl (C=O) groups excluding carboxylic acids is 1. The predicted molar refractivity (Wildman–Crippen MR) is 119 cm³/mol. The largest absolute Gasteiger partial charge is 0.478 e. The summed E-state index contributed by atoms with van der Waals surface area (Å²) in [6.07, 6.45) is 7.18. The Morgan fingerprint density at radius 3 is 2.41 bits per heavy atom. The van der Waals surface area contributed by atoms with E-state index in [1.165, 1.54) is 23.8 Å². The number of allylic oxidation sites excluding steroid dienone is 5. The van der Waals surface area contributed by atoms with Crippen LogP contribution < -0.4 is 5.32 Å². The molecule has 0 heterocycles. The molecule has 2 aromatic carbocycles. The molecule has 150 valence electrons. The van der Waals surface area contributed by atoms with E-state index >= 15 is 0 Å². The van der Waals surface area contributed by atoms with Crippen LogP contribution in [0.25, 0.3) is 5.57 Å². The van der Waals surface area contributed by atoms with Gasteiger partial charge in [0.25, 0.3) is 0 Å². The maximum Gasteiger partial charge on any atom is 0.337 e. The molecule has 0 aliphatic heterocycles. The maximum atomic E-state index is 12.3. The number of amides is 1. The van der Waals surface area contributed by atoms with Crippen LogP contribution in [0.4, 0.5) is 5.69 Å². The van der Waals surface area contributed by atoms with Crippen molar-refractivity contribution in [3.63, 3.8) is 0 Å². The summed E-state index contributed by atoms with van der Waals surface area (Å²) in [4.78, 5) is 23.6. The van der Waals surface area contributed by atoms with Crippen LogP contribution in [-0.4, -0.2) is 17.0 Å². The Bertz CT molecular complexity index is 972. The fraction of sp³-hybridized carbons (Fsp3) is 0.167. The number of aromatic carboxylic acids is 1. The monoisotopic (exact) mass is 409 g/mol. The first-order chi connectivity index (χ1) is 13.8. The van der Waals surface area contributed by atoms with Gasteiger partial charge in [0.1, 0.15) is 0 Å². The fourth-order valence-corrected chi connectivity index (χ4v) is 2.92. The average molecular weight is 410 g/mol. The number of anilines is 1. The van der Waals surface area contributed by atoms with Gasteiger partial charge in [-0.05, 0) is 48.2 Å². The first-order valence-corrected chi connectivity index (χ1v) is 9.66. The topological polar surface area (TPSA) is 66.4 Å². The number of nitrogens with one attached hydrogen (secondary N) is 1. The van der Waals surface area contributed by atoms with Crippen LogP contribution in [0.2, 0.25) is 5.02 Å². The van der Waals surface area contributed by atoms with Crippen molar-refractivity contribution >= 4 is 34.7 Å². The summed E-state index contributed by atoms with van der Waals surface area (Å²) < 4.78 is 0. The summed E-state index contributed by atoms with van der Waals surface area (Å²) in [5.41, 5.74) is 4.08. The second-order valence-electron chi connectivity index (χ2n) is 6.49. The molecule has 1 amide bonds. The van der Waals surface area contributed by atoms with Crippen LogP contribution in [-0.2, 0) is 11.2 Å². The number of carboxylic acid groups (broad SMARTS) is 1. The number of hydrogen-bond donors (Lipinski definition) is 2. The summed E-state index contributed by atoms with van der Waals surface area (Å²) in [5, 5.41) is 12.2. The SMILES string of the molecule is C=C(/C=C\C(=C/C)CC)c1ccc(CC(=O)Nc2cc(Cl)ccc2C(=O)O)cc1. The Morgan fingerprint density at radius 2 is 1.83 bits per heavy atom. The molecule has 0 aliphatic carbocycles. The van der Waals surface area contributed by atoms with Gasteiger partial charge in [-0.15, -0.1) is 0 Å². The van der Waals surface area contributed by atoms with E-state index in [1.54, 1.807) is 0 Å². The van der Waals surface area contributed by atoms with Crippen molar-refractivity contribution in [2.24, 2.45) is 0 Å². The van der Waals surface area contributed by atoms with Gasteiger partial charge in [-0.2, -0.15) is 0 Å². The highest BCUT2D eigenvalue weighted by atomic mass is 35.5. The van der Waals surface area contributed by atoms with Gasteiger partial charge in [0.2, 0.25) is 5.91 Å². The zero-order valence-corrected chi connectivity index (χ0v) is 17.3. The molecule has 0 atom stereocenters. The lowest BCUT2D eigenvalue weighted by Gasteiger charge is -2.09. The second kappa shape index (κ2) is 10.4. The third-order valence-electron chi connectivity index (χ3n) is 4.45. The molecule has 0 fully saturated rings. The minimum atomic E-state index is -1.13. The van der Waals surface area contributed by atoms with E-state index in [-0.39, 0.29) is 23.6 Å². The molecule has 2 aromatic rings. The van der Waals surface area contributed by atoms with Crippen molar-refractivity contribution < 1.29 is 14.7 Å². The second-order valence-corrected chi connectivity index (χ2v) is 6.93. The molecule has 29 heavy (non-hydrogen) atoms. The number of carboxylic acids is 1. The number of carbonyl (C=O) groups is 2. The molecule has 0 saturated heterocycles. The van der Waals surface area contributed by atoms with E-state index in [0.717, 1.165) is 23.1 Å². The Balaban J connectivity index is 2.05. The molecule has 2 N–H and O–H groups in total. The Labute approximate surface area is 176 Å². The molecule has 0 aromatic heterocycles. The fourth-order valence-electron chi connectivity index (χ4n) is 2.74. The number of halogens is 1. The van der Waals surface area contributed by atoms with Gasteiger partial charge in [0.15, 0.2) is 0 Å². The lowest BCUT2D eigenvalue weighted by molar-refractivity contribution is -0.115. The van der Waals surface area contributed by atoms with E-state index < -0.39 is 5.97 Å². The van der Waals surface area contributed by atoms with Crippen LogP contribution in [0, 0.1) is 0 Å². The van der Waals surface area contributed by atoms with Crippen LogP contribution in [0.5, 0.6) is 0 Å². The molecular weight excluding hydrogens is 386 g/mol. The van der Waals surface area contributed by atoms with Gasteiger partial charge in [-0.3, -0.25) is 4.79 Å². The molecule has 0 bridgehead atoms. The van der Waals surface area contributed by atoms with E-state index in [1.807, 2.05) is 37.3 Å². The van der Waals surface area contributed by atoms with Gasteiger partial charge in [0, 0.05) is 5.02 Å². The summed E-state index contributed by atoms with van der Waals surface area (Å²) in [6.45, 7) is 8.20. The highest BCUT2D eigenvalue weighted by Gasteiger charge is 2.13. The smallest absolute Gasteiger partial charge is 0.337 e. The minimum Gasteiger partial charge on any atom is -0.478 e. The predicted octanol–water partition coefficient (Wildman–Crippen LogP) is 6.15. The van der Waals surface area contributed by atoms with Crippen LogP contribution >= 0.6 is 11.6 Å². The number of benzene rings is 2. The molecular formula is C24H24ClNO3. The quantitative estimate of drug-likeness (QED) is 0.514. The van der Waals surface area contributed by atoms with Crippen molar-refractivity contribution in [2.75, 3.05) is 5.32 Å². The van der Waals surface area contributed by atoms with Crippen molar-refractivity contribution in [1.29, 1.82) is 0 Å². The standard InChI is InChI=1S/C24H24ClNO3/c1-4-17(5-2)7-6-16(3)19-10-8-18(9-11-19)14-23(27)26-22-15-20(25)12-13-21(22)24(28)29/h4,6-13,15H,3,5,14H2,1-2H3,(H,26,27)(H,28,29)/b7-6-,17-4-. The molecule has 0 radical (unpaired) electrons. The molecule has 0 unspecified atom stereocenters. The normalized spacial score (nSPS) is 11.5. The van der Waals surface area contributed by atoms with Crippen molar-refractivity contribution in [2.45, 2.75) is 26.7 Å². The van der Waals surface area contributed by atoms with E-state index in [0.29, 0.717) is 5.02 Å². The first kappa shape index (κ1) is 22.2. The van der Waals surface area contributed by atoms with Crippen molar-refractivity contribution in [3.8, 4) is 0 Å². The van der Waals surface area contributed by atoms with Gasteiger partial charge >= 0.3 is 5.97 Å². The summed E-state index contributed by atoms with van der Waals surface area (Å²) >= 11 is 5.91. The van der Waals surface area contributed by atoms with Crippen LogP contribution in [0.3, 0.4) is 0 Å². The lowest BCUT2D eigenvalue weighted by atomic mass is 10.0. The molecule has 4 nitrogen and oxygen atoms in total. The Morgan fingerprint density at radius 1 is 1.14 bits per heavy atom. The van der Waals surface area contributed by atoms with Crippen LogP contribution in [0.15, 0.2) is 72.8 Å². The first-order valence-electron chi connectivity index (χ1n) is 9.28. The Kier molecular flexibility index (Phi) is 7.98. The highest BCUT2D eigenvalue weighted by molar-refractivity contribution is 6.31. The zero-order valence-electron chi connectivity index (χ0n) is 16.5. The third-order valence-corrected chi connectivity index (χ3v) is 4.69. The third kappa shape index (κ3) is 6.47. The molecule has 0 saturated carbocycles. The summed E-state index contributed by atoms with van der Waals surface area (Å²) in [5.74, 6) is -1.45. The van der Waals surface area contributed by atoms with Gasteiger partial charge < -0.3 is 10.4 Å². The summed E-state index contributed by atoms with van der Waals surface area (Å²) in [6, 6.07) is 11.8. The molecule has 5 heteroatoms. The average Bonchev–Trinajstić information content (AvgIpc) is 2.69. The maximum absolute atomic E-state index is 12.3. The van der Waals surface area contributed by atoms with Gasteiger partial charge in [-0.25, -0.2) is 4.79 Å². The number of hydrogen-bond acceptors (Lipinski definition) is 2. The highest BCUT2D eigenvalue weighted by Crippen LogP contribution is 2.22.